The predicted octanol–water partition coefficient (Wildman–Crippen LogP) is 2.70. The van der Waals surface area contributed by atoms with E-state index in [1.165, 1.54) is 13.3 Å². The average molecular weight is 282 g/mol. The van der Waals surface area contributed by atoms with E-state index < -0.39 is 5.97 Å². The van der Waals surface area contributed by atoms with E-state index in [0.717, 1.165) is 4.47 Å². The van der Waals surface area contributed by atoms with E-state index in [-0.39, 0.29) is 5.56 Å². The summed E-state index contributed by atoms with van der Waals surface area (Å²) in [6, 6.07) is 5.43. The molecule has 2 aromatic rings. The van der Waals surface area contributed by atoms with Crippen molar-refractivity contribution in [3.8, 4) is 5.75 Å². The van der Waals surface area contributed by atoms with Gasteiger partial charge in [0.1, 0.15) is 11.3 Å². The number of nitrogens with zero attached hydrogens (tertiary/aromatic N) is 1. The van der Waals surface area contributed by atoms with Crippen molar-refractivity contribution in [2.24, 2.45) is 0 Å². The highest BCUT2D eigenvalue weighted by molar-refractivity contribution is 9.10. The Morgan fingerprint density at radius 2 is 2.25 bits per heavy atom. The molecule has 0 unspecified atom stereocenters. The number of rotatable bonds is 2. The summed E-state index contributed by atoms with van der Waals surface area (Å²) in [6.07, 6.45) is 1.30. The Morgan fingerprint density at radius 1 is 1.50 bits per heavy atom. The topological polar surface area (TPSA) is 59.4 Å². The SMILES string of the molecule is COc1c(C(=O)O)cnc2ccc(Br)cc12. The molecule has 1 aromatic carbocycles. The Hall–Kier alpha value is -1.62. The van der Waals surface area contributed by atoms with Crippen LogP contribution in [0.2, 0.25) is 0 Å². The molecule has 0 bridgehead atoms. The summed E-state index contributed by atoms with van der Waals surface area (Å²) in [5.74, 6) is -0.718. The standard InChI is InChI=1S/C11H8BrNO3/c1-16-10-7-4-6(12)2-3-9(7)13-5-8(10)11(14)15/h2-5H,1H3,(H,14,15). The van der Waals surface area contributed by atoms with Gasteiger partial charge >= 0.3 is 5.97 Å². The number of carboxylic acid groups (broad SMARTS) is 1. The minimum atomic E-state index is -1.05. The van der Waals surface area contributed by atoms with Crippen LogP contribution in [-0.4, -0.2) is 23.2 Å². The number of carbonyl (C=O) groups is 1. The molecule has 0 aliphatic rings. The monoisotopic (exact) mass is 281 g/mol. The van der Waals surface area contributed by atoms with Crippen LogP contribution in [0, 0.1) is 0 Å². The first-order valence-electron chi connectivity index (χ1n) is 4.49. The third kappa shape index (κ3) is 1.74. The van der Waals surface area contributed by atoms with E-state index in [0.29, 0.717) is 16.7 Å². The number of methoxy groups -OCH3 is 1. The van der Waals surface area contributed by atoms with Crippen LogP contribution in [0.4, 0.5) is 0 Å². The van der Waals surface area contributed by atoms with Crippen LogP contribution >= 0.6 is 15.9 Å². The van der Waals surface area contributed by atoms with Crippen molar-refractivity contribution in [3.63, 3.8) is 0 Å². The molecular formula is C11H8BrNO3. The van der Waals surface area contributed by atoms with E-state index in [1.807, 2.05) is 6.07 Å². The summed E-state index contributed by atoms with van der Waals surface area (Å²) in [5, 5.41) is 9.67. The molecule has 5 heteroatoms. The molecule has 0 atom stereocenters. The van der Waals surface area contributed by atoms with Gasteiger partial charge < -0.3 is 9.84 Å². The molecular weight excluding hydrogens is 274 g/mol. The smallest absolute Gasteiger partial charge is 0.341 e. The third-order valence-corrected chi connectivity index (χ3v) is 2.71. The number of hydrogen-bond acceptors (Lipinski definition) is 3. The highest BCUT2D eigenvalue weighted by Crippen LogP contribution is 2.30. The van der Waals surface area contributed by atoms with E-state index in [1.54, 1.807) is 12.1 Å². The highest BCUT2D eigenvalue weighted by atomic mass is 79.9. The van der Waals surface area contributed by atoms with E-state index >= 15 is 0 Å². The van der Waals surface area contributed by atoms with E-state index in [4.69, 9.17) is 9.84 Å². The summed E-state index contributed by atoms with van der Waals surface area (Å²) in [6.45, 7) is 0. The average Bonchev–Trinajstić information content (AvgIpc) is 2.27. The minimum Gasteiger partial charge on any atom is -0.495 e. The van der Waals surface area contributed by atoms with Gasteiger partial charge in [0.25, 0.3) is 0 Å². The van der Waals surface area contributed by atoms with Crippen LogP contribution < -0.4 is 4.74 Å². The quantitative estimate of drug-likeness (QED) is 0.920. The molecule has 16 heavy (non-hydrogen) atoms. The molecule has 1 heterocycles. The second kappa shape index (κ2) is 4.09. The summed E-state index contributed by atoms with van der Waals surface area (Å²) in [5.41, 5.74) is 0.762. The van der Waals surface area contributed by atoms with Crippen LogP contribution in [0.15, 0.2) is 28.9 Å². The van der Waals surface area contributed by atoms with E-state index in [2.05, 4.69) is 20.9 Å². The fourth-order valence-electron chi connectivity index (χ4n) is 1.51. The number of hydrogen-bond donors (Lipinski definition) is 1. The molecule has 82 valence electrons. The van der Waals surface area contributed by atoms with Gasteiger partial charge in [0.15, 0.2) is 0 Å². The van der Waals surface area contributed by atoms with Gasteiger partial charge in [0, 0.05) is 16.1 Å². The largest absolute Gasteiger partial charge is 0.495 e. The van der Waals surface area contributed by atoms with Crippen molar-refractivity contribution in [2.45, 2.75) is 0 Å². The second-order valence-corrected chi connectivity index (χ2v) is 4.09. The molecule has 2 rings (SSSR count). The third-order valence-electron chi connectivity index (χ3n) is 2.22. The fourth-order valence-corrected chi connectivity index (χ4v) is 1.87. The molecule has 0 fully saturated rings. The van der Waals surface area contributed by atoms with Gasteiger partial charge in [-0.25, -0.2) is 4.79 Å². The lowest BCUT2D eigenvalue weighted by Crippen LogP contribution is -2.02. The van der Waals surface area contributed by atoms with E-state index in [9.17, 15) is 4.79 Å². The number of fused-ring (bicyclic) bond motifs is 1. The fraction of sp³-hybridized carbons (Fsp3) is 0.0909. The number of halogens is 1. The number of ether oxygens (including phenoxy) is 1. The molecule has 4 nitrogen and oxygen atoms in total. The second-order valence-electron chi connectivity index (χ2n) is 3.17. The number of aromatic carboxylic acids is 1. The molecule has 0 aliphatic heterocycles. The van der Waals surface area contributed by atoms with Gasteiger partial charge in [-0.2, -0.15) is 0 Å². The number of pyridine rings is 1. The molecule has 0 saturated heterocycles. The normalized spacial score (nSPS) is 10.4. The summed E-state index contributed by atoms with van der Waals surface area (Å²) in [7, 11) is 1.45. The Labute approximate surface area is 100.0 Å². The van der Waals surface area contributed by atoms with Gasteiger partial charge in [0.05, 0.1) is 12.6 Å². The Morgan fingerprint density at radius 3 is 2.88 bits per heavy atom. The highest BCUT2D eigenvalue weighted by Gasteiger charge is 2.15. The lowest BCUT2D eigenvalue weighted by molar-refractivity contribution is 0.0693. The van der Waals surface area contributed by atoms with Crippen molar-refractivity contribution >= 4 is 32.8 Å². The molecule has 1 N–H and O–H groups in total. The van der Waals surface area contributed by atoms with Gasteiger partial charge in [0.2, 0.25) is 0 Å². The van der Waals surface area contributed by atoms with Crippen LogP contribution in [0.1, 0.15) is 10.4 Å². The molecule has 0 saturated carbocycles. The van der Waals surface area contributed by atoms with Crippen molar-refractivity contribution in [3.05, 3.63) is 34.4 Å². The maximum Gasteiger partial charge on any atom is 0.341 e. The molecule has 0 aliphatic carbocycles. The first-order valence-corrected chi connectivity index (χ1v) is 5.28. The molecule has 0 amide bonds. The zero-order valence-corrected chi connectivity index (χ0v) is 9.98. The molecule has 0 spiro atoms. The maximum atomic E-state index is 11.0. The Kier molecular flexibility index (Phi) is 2.78. The summed E-state index contributed by atoms with van der Waals surface area (Å²) in [4.78, 5) is 15.0. The number of benzene rings is 1. The zero-order valence-electron chi connectivity index (χ0n) is 8.40. The van der Waals surface area contributed by atoms with Crippen LogP contribution in [0.25, 0.3) is 10.9 Å². The van der Waals surface area contributed by atoms with Gasteiger partial charge in [-0.05, 0) is 18.2 Å². The summed E-state index contributed by atoms with van der Waals surface area (Å²) < 4.78 is 5.98. The maximum absolute atomic E-state index is 11.0. The minimum absolute atomic E-state index is 0.0631. The van der Waals surface area contributed by atoms with Crippen molar-refractivity contribution < 1.29 is 14.6 Å². The first kappa shape index (κ1) is 10.9. The molecule has 0 radical (unpaired) electrons. The zero-order chi connectivity index (χ0) is 11.7. The molecule has 1 aromatic heterocycles. The Balaban J connectivity index is 2.83. The van der Waals surface area contributed by atoms with Gasteiger partial charge in [-0.15, -0.1) is 0 Å². The number of aromatic nitrogens is 1. The van der Waals surface area contributed by atoms with Crippen molar-refractivity contribution in [1.29, 1.82) is 0 Å². The lowest BCUT2D eigenvalue weighted by atomic mass is 10.1. The van der Waals surface area contributed by atoms with Crippen LogP contribution in [0.5, 0.6) is 5.75 Å². The number of carboxylic acids is 1. The van der Waals surface area contributed by atoms with Crippen LogP contribution in [-0.2, 0) is 0 Å². The van der Waals surface area contributed by atoms with Gasteiger partial charge in [-0.3, -0.25) is 4.98 Å². The Bertz CT molecular complexity index is 568. The van der Waals surface area contributed by atoms with Crippen LogP contribution in [0.3, 0.4) is 0 Å². The summed E-state index contributed by atoms with van der Waals surface area (Å²) >= 11 is 3.33. The van der Waals surface area contributed by atoms with Crippen molar-refractivity contribution in [1.82, 2.24) is 4.98 Å². The van der Waals surface area contributed by atoms with Crippen molar-refractivity contribution in [2.75, 3.05) is 7.11 Å². The predicted molar refractivity (Wildman–Crippen MR) is 63.0 cm³/mol. The lowest BCUT2D eigenvalue weighted by Gasteiger charge is -2.08. The first-order chi connectivity index (χ1) is 7.63. The van der Waals surface area contributed by atoms with Gasteiger partial charge in [-0.1, -0.05) is 15.9 Å².